The minimum absolute atomic E-state index is 0.174. The lowest BCUT2D eigenvalue weighted by Gasteiger charge is -2.27. The summed E-state index contributed by atoms with van der Waals surface area (Å²) in [5, 5.41) is 13.7. The van der Waals surface area contributed by atoms with Crippen LogP contribution in [0.25, 0.3) is 0 Å². The summed E-state index contributed by atoms with van der Waals surface area (Å²) in [6.45, 7) is 0. The van der Waals surface area contributed by atoms with Gasteiger partial charge in [-0.15, -0.1) is 0 Å². The van der Waals surface area contributed by atoms with Crippen LogP contribution in [-0.2, 0) is 12.8 Å². The smallest absolute Gasteiger partial charge is 0.287 e. The molecule has 7 heteroatoms. The van der Waals surface area contributed by atoms with Gasteiger partial charge in [-0.05, 0) is 25.0 Å². The maximum atomic E-state index is 12.2. The average Bonchev–Trinajstić information content (AvgIpc) is 3.16. The fraction of sp³-hybridized carbons (Fsp3) is 0.500. The van der Waals surface area contributed by atoms with Gasteiger partial charge in [0.25, 0.3) is 5.91 Å². The van der Waals surface area contributed by atoms with Crippen molar-refractivity contribution in [3.63, 3.8) is 0 Å². The molecule has 0 saturated heterocycles. The number of hydrogen-bond acceptors (Lipinski definition) is 5. The van der Waals surface area contributed by atoms with E-state index in [1.807, 2.05) is 23.9 Å². The standard InChI is InChI=1S/C16H21N3O3S/c1-19-9-8-17-16(19)23-10-11-6-7-14(22-11)15(21)18-12-4-2-3-5-13(12)20/h6-9,12-13,20H,2-5,10H2,1H3,(H,18,21). The van der Waals surface area contributed by atoms with Crippen LogP contribution in [0.4, 0.5) is 0 Å². The third-order valence-corrected chi connectivity index (χ3v) is 5.13. The Kier molecular flexibility index (Phi) is 5.07. The summed E-state index contributed by atoms with van der Waals surface area (Å²) < 4.78 is 7.55. The second kappa shape index (κ2) is 7.23. The third-order valence-electron chi connectivity index (χ3n) is 4.05. The first kappa shape index (κ1) is 16.1. The Labute approximate surface area is 139 Å². The fourth-order valence-corrected chi connectivity index (χ4v) is 3.55. The topological polar surface area (TPSA) is 80.3 Å². The highest BCUT2D eigenvalue weighted by atomic mass is 32.2. The van der Waals surface area contributed by atoms with Crippen molar-refractivity contribution in [1.29, 1.82) is 0 Å². The van der Waals surface area contributed by atoms with Gasteiger partial charge in [-0.3, -0.25) is 4.79 Å². The molecule has 6 nitrogen and oxygen atoms in total. The molecule has 1 saturated carbocycles. The highest BCUT2D eigenvalue weighted by Gasteiger charge is 2.25. The first-order valence-corrected chi connectivity index (χ1v) is 8.80. The number of furan rings is 1. The molecular weight excluding hydrogens is 314 g/mol. The second-order valence-electron chi connectivity index (χ2n) is 5.81. The van der Waals surface area contributed by atoms with Crippen LogP contribution in [0.2, 0.25) is 0 Å². The first-order chi connectivity index (χ1) is 11.1. The number of aromatic nitrogens is 2. The Morgan fingerprint density at radius 3 is 3.04 bits per heavy atom. The minimum Gasteiger partial charge on any atom is -0.455 e. The van der Waals surface area contributed by atoms with Crippen LogP contribution in [0.1, 0.15) is 42.0 Å². The van der Waals surface area contributed by atoms with Crippen molar-refractivity contribution in [3.05, 3.63) is 36.0 Å². The zero-order chi connectivity index (χ0) is 16.2. The van der Waals surface area contributed by atoms with Gasteiger partial charge in [0.15, 0.2) is 10.9 Å². The van der Waals surface area contributed by atoms with Crippen molar-refractivity contribution >= 4 is 17.7 Å². The number of aliphatic hydroxyl groups is 1. The van der Waals surface area contributed by atoms with E-state index in [4.69, 9.17) is 4.42 Å². The summed E-state index contributed by atoms with van der Waals surface area (Å²) in [6.07, 6.45) is 6.79. The number of aliphatic hydroxyl groups excluding tert-OH is 1. The van der Waals surface area contributed by atoms with Gasteiger partial charge in [0.1, 0.15) is 5.76 Å². The Bertz CT molecular complexity index is 667. The van der Waals surface area contributed by atoms with E-state index in [9.17, 15) is 9.90 Å². The van der Waals surface area contributed by atoms with Gasteiger partial charge in [0, 0.05) is 19.4 Å². The lowest BCUT2D eigenvalue weighted by atomic mass is 9.92. The van der Waals surface area contributed by atoms with Crippen LogP contribution in [-0.4, -0.2) is 32.7 Å². The number of rotatable bonds is 5. The zero-order valence-corrected chi connectivity index (χ0v) is 13.9. The van der Waals surface area contributed by atoms with Crippen LogP contribution in [0.5, 0.6) is 0 Å². The fourth-order valence-electron chi connectivity index (χ4n) is 2.72. The van der Waals surface area contributed by atoms with Gasteiger partial charge in [-0.2, -0.15) is 0 Å². The number of hydrogen-bond donors (Lipinski definition) is 2. The number of imidazole rings is 1. The molecule has 2 heterocycles. The van der Waals surface area contributed by atoms with Gasteiger partial charge in [0.2, 0.25) is 0 Å². The third kappa shape index (κ3) is 3.97. The number of carbonyl (C=O) groups is 1. The lowest BCUT2D eigenvalue weighted by molar-refractivity contribution is 0.0697. The number of carbonyl (C=O) groups excluding carboxylic acids is 1. The van der Waals surface area contributed by atoms with E-state index >= 15 is 0 Å². The Morgan fingerprint density at radius 2 is 2.30 bits per heavy atom. The van der Waals surface area contributed by atoms with E-state index in [1.165, 1.54) is 0 Å². The van der Waals surface area contributed by atoms with Gasteiger partial charge in [-0.1, -0.05) is 24.6 Å². The molecule has 0 aromatic carbocycles. The average molecular weight is 335 g/mol. The monoisotopic (exact) mass is 335 g/mol. The van der Waals surface area contributed by atoms with E-state index in [1.54, 1.807) is 24.0 Å². The summed E-state index contributed by atoms with van der Waals surface area (Å²) >= 11 is 1.55. The molecule has 0 spiro atoms. The molecule has 23 heavy (non-hydrogen) atoms. The quantitative estimate of drug-likeness (QED) is 0.820. The predicted molar refractivity (Wildman–Crippen MR) is 87.2 cm³/mol. The molecule has 1 aliphatic carbocycles. The van der Waals surface area contributed by atoms with Gasteiger partial charge >= 0.3 is 0 Å². The molecule has 0 aliphatic heterocycles. The maximum absolute atomic E-state index is 12.2. The van der Waals surface area contributed by atoms with Crippen LogP contribution < -0.4 is 5.32 Å². The predicted octanol–water partition coefficient (Wildman–Crippen LogP) is 2.34. The summed E-state index contributed by atoms with van der Waals surface area (Å²) in [4.78, 5) is 16.5. The maximum Gasteiger partial charge on any atom is 0.287 e. The molecule has 0 bridgehead atoms. The van der Waals surface area contributed by atoms with E-state index in [2.05, 4.69) is 10.3 Å². The van der Waals surface area contributed by atoms with Crippen molar-refractivity contribution in [2.24, 2.45) is 7.05 Å². The van der Waals surface area contributed by atoms with E-state index in [0.717, 1.165) is 36.6 Å². The Hall–Kier alpha value is -1.73. The molecule has 0 radical (unpaired) electrons. The normalized spacial score (nSPS) is 21.3. The second-order valence-corrected chi connectivity index (χ2v) is 6.75. The Balaban J connectivity index is 1.55. The van der Waals surface area contributed by atoms with E-state index < -0.39 is 6.10 Å². The van der Waals surface area contributed by atoms with E-state index in [-0.39, 0.29) is 11.9 Å². The number of nitrogens with zero attached hydrogens (tertiary/aromatic N) is 2. The largest absolute Gasteiger partial charge is 0.455 e. The Morgan fingerprint density at radius 1 is 1.48 bits per heavy atom. The van der Waals surface area contributed by atoms with Crippen molar-refractivity contribution in [1.82, 2.24) is 14.9 Å². The lowest BCUT2D eigenvalue weighted by Crippen LogP contribution is -2.44. The van der Waals surface area contributed by atoms with Crippen LogP contribution in [0, 0.1) is 0 Å². The highest BCUT2D eigenvalue weighted by Crippen LogP contribution is 2.22. The van der Waals surface area contributed by atoms with Gasteiger partial charge < -0.3 is 19.4 Å². The van der Waals surface area contributed by atoms with E-state index in [0.29, 0.717) is 11.5 Å². The first-order valence-electron chi connectivity index (χ1n) is 7.81. The van der Waals surface area contributed by atoms with Crippen LogP contribution in [0.15, 0.2) is 34.1 Å². The molecule has 124 valence electrons. The molecule has 2 aromatic heterocycles. The molecule has 2 N–H and O–H groups in total. The van der Waals surface area contributed by atoms with Crippen molar-refractivity contribution in [2.45, 2.75) is 48.7 Å². The molecule has 1 fully saturated rings. The summed E-state index contributed by atoms with van der Waals surface area (Å²) in [5.41, 5.74) is 0. The summed E-state index contributed by atoms with van der Waals surface area (Å²) in [7, 11) is 1.94. The number of nitrogens with one attached hydrogen (secondary N) is 1. The molecule has 2 aromatic rings. The summed E-state index contributed by atoms with van der Waals surface area (Å²) in [6, 6.07) is 3.31. The number of amides is 1. The molecule has 2 unspecified atom stereocenters. The van der Waals surface area contributed by atoms with Gasteiger partial charge in [-0.25, -0.2) is 4.98 Å². The van der Waals surface area contributed by atoms with Gasteiger partial charge in [0.05, 0.1) is 17.9 Å². The minimum atomic E-state index is -0.457. The summed E-state index contributed by atoms with van der Waals surface area (Å²) in [5.74, 6) is 1.37. The molecule has 1 amide bonds. The highest BCUT2D eigenvalue weighted by molar-refractivity contribution is 7.98. The molecular formula is C16H21N3O3S. The van der Waals surface area contributed by atoms with Crippen LogP contribution >= 0.6 is 11.8 Å². The zero-order valence-electron chi connectivity index (χ0n) is 13.1. The van der Waals surface area contributed by atoms with Crippen molar-refractivity contribution in [3.8, 4) is 0 Å². The number of thioether (sulfide) groups is 1. The van der Waals surface area contributed by atoms with Crippen molar-refractivity contribution in [2.75, 3.05) is 0 Å². The SMILES string of the molecule is Cn1ccnc1SCc1ccc(C(=O)NC2CCCCC2O)o1. The van der Waals surface area contributed by atoms with Crippen LogP contribution in [0.3, 0.4) is 0 Å². The number of aryl methyl sites for hydroxylation is 1. The molecule has 1 aliphatic rings. The van der Waals surface area contributed by atoms with Crippen molar-refractivity contribution < 1.29 is 14.3 Å². The molecule has 3 rings (SSSR count). The molecule has 2 atom stereocenters.